The second kappa shape index (κ2) is 3.84. The molecule has 1 heterocycles. The van der Waals surface area contributed by atoms with E-state index in [4.69, 9.17) is 0 Å². The molecular formula is C10H11N3S. The summed E-state index contributed by atoms with van der Waals surface area (Å²) in [6.45, 7) is 1.97. The third-order valence-electron chi connectivity index (χ3n) is 1.92. The van der Waals surface area contributed by atoms with Crippen LogP contribution in [0, 0.1) is 6.92 Å². The van der Waals surface area contributed by atoms with E-state index in [9.17, 15) is 0 Å². The molecule has 0 spiro atoms. The first-order valence-corrected chi connectivity index (χ1v) is 5.57. The van der Waals surface area contributed by atoms with Gasteiger partial charge in [0.25, 0.3) is 0 Å². The summed E-state index contributed by atoms with van der Waals surface area (Å²) < 4.78 is 0. The van der Waals surface area contributed by atoms with Gasteiger partial charge in [0.15, 0.2) is 0 Å². The Morgan fingerprint density at radius 3 is 2.43 bits per heavy atom. The summed E-state index contributed by atoms with van der Waals surface area (Å²) in [5.41, 5.74) is 1.97. The fraction of sp³-hybridized carbons (Fsp3) is 0.200. The smallest absolute Gasteiger partial charge is 0.142 e. The number of nitrogens with zero attached hydrogens (tertiary/aromatic N) is 3. The second-order valence-corrected chi connectivity index (χ2v) is 3.71. The van der Waals surface area contributed by atoms with Crippen molar-refractivity contribution in [3.05, 3.63) is 36.0 Å². The van der Waals surface area contributed by atoms with Gasteiger partial charge < -0.3 is 0 Å². The van der Waals surface area contributed by atoms with Crippen molar-refractivity contribution in [2.75, 3.05) is 6.26 Å². The van der Waals surface area contributed by atoms with Crippen molar-refractivity contribution in [2.45, 2.75) is 11.9 Å². The van der Waals surface area contributed by atoms with Crippen molar-refractivity contribution in [1.29, 1.82) is 0 Å². The molecule has 1 aromatic heterocycles. The summed E-state index contributed by atoms with van der Waals surface area (Å²) in [6.07, 6.45) is 2.01. The topological polar surface area (TPSA) is 30.7 Å². The first kappa shape index (κ1) is 9.27. The van der Waals surface area contributed by atoms with Crippen LogP contribution >= 0.6 is 11.8 Å². The Labute approximate surface area is 87.1 Å². The second-order valence-electron chi connectivity index (χ2n) is 2.92. The summed E-state index contributed by atoms with van der Waals surface area (Å²) in [4.78, 5) is 1.67. The molecule has 3 nitrogen and oxygen atoms in total. The average molecular weight is 205 g/mol. The van der Waals surface area contributed by atoms with E-state index < -0.39 is 0 Å². The number of aromatic nitrogens is 3. The zero-order chi connectivity index (χ0) is 9.97. The molecule has 0 saturated carbocycles. The molecule has 0 N–H and O–H groups in total. The summed E-state index contributed by atoms with van der Waals surface area (Å²) in [6, 6.07) is 9.92. The highest BCUT2D eigenvalue weighted by Crippen LogP contribution is 2.16. The molecule has 0 aliphatic carbocycles. The van der Waals surface area contributed by atoms with Crippen molar-refractivity contribution in [1.82, 2.24) is 15.0 Å². The Morgan fingerprint density at radius 2 is 1.86 bits per heavy atom. The minimum absolute atomic E-state index is 0.973. The van der Waals surface area contributed by atoms with E-state index in [2.05, 4.69) is 10.2 Å². The highest BCUT2D eigenvalue weighted by Gasteiger charge is 2.05. The van der Waals surface area contributed by atoms with Crippen LogP contribution in [0.15, 0.2) is 35.4 Å². The zero-order valence-corrected chi connectivity index (χ0v) is 8.95. The van der Waals surface area contributed by atoms with Gasteiger partial charge in [0.1, 0.15) is 5.03 Å². The molecule has 1 aromatic carbocycles. The maximum absolute atomic E-state index is 4.37. The van der Waals surface area contributed by atoms with Crippen LogP contribution in [-0.4, -0.2) is 21.2 Å². The fourth-order valence-corrected chi connectivity index (χ4v) is 1.73. The number of thioether (sulfide) groups is 1. The molecule has 0 atom stereocenters. The SMILES string of the molecule is CSc1nn(-c2ccccc2)nc1C. The van der Waals surface area contributed by atoms with Crippen molar-refractivity contribution in [2.24, 2.45) is 0 Å². The van der Waals surface area contributed by atoms with Gasteiger partial charge in [0.05, 0.1) is 11.4 Å². The van der Waals surface area contributed by atoms with Gasteiger partial charge in [0, 0.05) is 0 Å². The monoisotopic (exact) mass is 205 g/mol. The molecule has 2 rings (SSSR count). The maximum atomic E-state index is 4.37. The van der Waals surface area contributed by atoms with E-state index in [-0.39, 0.29) is 0 Å². The molecule has 0 radical (unpaired) electrons. The van der Waals surface area contributed by atoms with E-state index in [0.29, 0.717) is 0 Å². The van der Waals surface area contributed by atoms with Crippen LogP contribution in [0.3, 0.4) is 0 Å². The quantitative estimate of drug-likeness (QED) is 0.705. The molecule has 0 bridgehead atoms. The van der Waals surface area contributed by atoms with Gasteiger partial charge in [-0.1, -0.05) is 18.2 Å². The molecule has 0 unspecified atom stereocenters. The maximum Gasteiger partial charge on any atom is 0.142 e. The molecule has 0 aliphatic heterocycles. The van der Waals surface area contributed by atoms with Crippen LogP contribution in [-0.2, 0) is 0 Å². The molecule has 0 amide bonds. The van der Waals surface area contributed by atoms with Gasteiger partial charge >= 0.3 is 0 Å². The number of benzene rings is 1. The fourth-order valence-electron chi connectivity index (χ4n) is 1.23. The van der Waals surface area contributed by atoms with E-state index in [1.807, 2.05) is 43.5 Å². The molecule has 4 heteroatoms. The van der Waals surface area contributed by atoms with Crippen LogP contribution in [0.1, 0.15) is 5.69 Å². The number of aryl methyl sites for hydroxylation is 1. The third kappa shape index (κ3) is 1.65. The van der Waals surface area contributed by atoms with E-state index in [1.165, 1.54) is 0 Å². The van der Waals surface area contributed by atoms with Gasteiger partial charge in [-0.2, -0.15) is 9.90 Å². The Bertz CT molecular complexity index is 422. The van der Waals surface area contributed by atoms with Gasteiger partial charge in [-0.25, -0.2) is 0 Å². The standard InChI is InChI=1S/C10H11N3S/c1-8-10(14-2)12-13(11-8)9-6-4-3-5-7-9/h3-7H,1-2H3. The lowest BCUT2D eigenvalue weighted by molar-refractivity contribution is 0.732. The number of rotatable bonds is 2. The average Bonchev–Trinajstić information content (AvgIpc) is 2.61. The Hall–Kier alpha value is -1.29. The summed E-state index contributed by atoms with van der Waals surface area (Å²) in [7, 11) is 0. The summed E-state index contributed by atoms with van der Waals surface area (Å²) >= 11 is 1.62. The largest absolute Gasteiger partial charge is 0.152 e. The lowest BCUT2D eigenvalue weighted by Gasteiger charge is -1.96. The lowest BCUT2D eigenvalue weighted by atomic mass is 10.3. The molecule has 2 aromatic rings. The normalized spacial score (nSPS) is 10.4. The first-order valence-electron chi connectivity index (χ1n) is 4.34. The highest BCUT2D eigenvalue weighted by atomic mass is 32.2. The molecule has 0 saturated heterocycles. The molecule has 0 fully saturated rings. The third-order valence-corrected chi connectivity index (χ3v) is 2.68. The van der Waals surface area contributed by atoms with E-state index in [0.717, 1.165) is 16.4 Å². The van der Waals surface area contributed by atoms with E-state index in [1.54, 1.807) is 16.6 Å². The van der Waals surface area contributed by atoms with Crippen molar-refractivity contribution in [3.63, 3.8) is 0 Å². The molecule has 72 valence electrons. The zero-order valence-electron chi connectivity index (χ0n) is 8.14. The minimum atomic E-state index is 0.973. The van der Waals surface area contributed by atoms with Gasteiger partial charge in [-0.05, 0) is 25.3 Å². The molecular weight excluding hydrogens is 194 g/mol. The van der Waals surface area contributed by atoms with Crippen molar-refractivity contribution >= 4 is 11.8 Å². The number of para-hydroxylation sites is 1. The summed E-state index contributed by atoms with van der Waals surface area (Å²) in [5, 5.41) is 9.68. The van der Waals surface area contributed by atoms with Crippen LogP contribution in [0.5, 0.6) is 0 Å². The lowest BCUT2D eigenvalue weighted by Crippen LogP contribution is -1.97. The Kier molecular flexibility index (Phi) is 2.54. The number of hydrogen-bond donors (Lipinski definition) is 0. The Morgan fingerprint density at radius 1 is 1.14 bits per heavy atom. The van der Waals surface area contributed by atoms with Crippen LogP contribution in [0.2, 0.25) is 0 Å². The van der Waals surface area contributed by atoms with Crippen LogP contribution in [0.25, 0.3) is 5.69 Å². The van der Waals surface area contributed by atoms with E-state index >= 15 is 0 Å². The molecule has 14 heavy (non-hydrogen) atoms. The van der Waals surface area contributed by atoms with Crippen molar-refractivity contribution in [3.8, 4) is 5.69 Å². The van der Waals surface area contributed by atoms with Crippen molar-refractivity contribution < 1.29 is 0 Å². The summed E-state index contributed by atoms with van der Waals surface area (Å²) in [5.74, 6) is 0. The predicted molar refractivity (Wildman–Crippen MR) is 57.9 cm³/mol. The Balaban J connectivity index is 2.43. The van der Waals surface area contributed by atoms with Gasteiger partial charge in [0.2, 0.25) is 0 Å². The highest BCUT2D eigenvalue weighted by molar-refractivity contribution is 7.98. The predicted octanol–water partition coefficient (Wildman–Crippen LogP) is 2.30. The van der Waals surface area contributed by atoms with Crippen LogP contribution in [0.4, 0.5) is 0 Å². The number of hydrogen-bond acceptors (Lipinski definition) is 3. The van der Waals surface area contributed by atoms with Gasteiger partial charge in [-0.3, -0.25) is 0 Å². The first-order chi connectivity index (χ1) is 6.81. The molecule has 0 aliphatic rings. The van der Waals surface area contributed by atoms with Crippen LogP contribution < -0.4 is 0 Å². The van der Waals surface area contributed by atoms with Gasteiger partial charge in [-0.15, -0.1) is 16.9 Å². The minimum Gasteiger partial charge on any atom is -0.152 e.